The average Bonchev–Trinajstić information content (AvgIpc) is 2.32. The molecule has 0 spiro atoms. The van der Waals surface area contributed by atoms with Gasteiger partial charge in [0.2, 0.25) is 0 Å². The van der Waals surface area contributed by atoms with Gasteiger partial charge in [0, 0.05) is 20.3 Å². The van der Waals surface area contributed by atoms with Gasteiger partial charge in [0.05, 0.1) is 0 Å². The maximum atomic E-state index is 5.85. The first-order valence-electron chi connectivity index (χ1n) is 6.33. The SMILES string of the molecule is Cc1cccc(Sc2ccc(CC(C)N)c(Br)c2)c1. The minimum absolute atomic E-state index is 0.187. The first-order chi connectivity index (χ1) is 9.04. The molecular weight excluding hydrogens is 318 g/mol. The van der Waals surface area contributed by atoms with Crippen LogP contribution < -0.4 is 5.73 Å². The monoisotopic (exact) mass is 335 g/mol. The van der Waals surface area contributed by atoms with Crippen LogP contribution in [0.2, 0.25) is 0 Å². The highest BCUT2D eigenvalue weighted by molar-refractivity contribution is 9.10. The molecule has 3 heteroatoms. The van der Waals surface area contributed by atoms with E-state index in [1.807, 2.05) is 6.92 Å². The van der Waals surface area contributed by atoms with E-state index < -0.39 is 0 Å². The van der Waals surface area contributed by atoms with Gasteiger partial charge < -0.3 is 5.73 Å². The van der Waals surface area contributed by atoms with Gasteiger partial charge in [0.25, 0.3) is 0 Å². The van der Waals surface area contributed by atoms with Crippen LogP contribution in [0.1, 0.15) is 18.1 Å². The Kier molecular flexibility index (Phi) is 5.08. The molecule has 0 amide bonds. The van der Waals surface area contributed by atoms with E-state index in [-0.39, 0.29) is 6.04 Å². The zero-order valence-electron chi connectivity index (χ0n) is 11.2. The van der Waals surface area contributed by atoms with Gasteiger partial charge in [0.1, 0.15) is 0 Å². The third-order valence-electron chi connectivity index (χ3n) is 2.79. The minimum Gasteiger partial charge on any atom is -0.328 e. The Morgan fingerprint density at radius 1 is 1.16 bits per heavy atom. The quantitative estimate of drug-likeness (QED) is 0.868. The number of hydrogen-bond donors (Lipinski definition) is 1. The number of aryl methyl sites for hydroxylation is 1. The van der Waals surface area contributed by atoms with E-state index in [9.17, 15) is 0 Å². The standard InChI is InChI=1S/C16H18BrNS/c1-11-4-3-5-14(8-11)19-15-7-6-13(9-12(2)18)16(17)10-15/h3-8,10,12H,9,18H2,1-2H3. The first kappa shape index (κ1) is 14.6. The van der Waals surface area contributed by atoms with Crippen LogP contribution in [-0.4, -0.2) is 6.04 Å². The van der Waals surface area contributed by atoms with Crippen LogP contribution in [0.15, 0.2) is 56.7 Å². The third-order valence-corrected chi connectivity index (χ3v) is 4.51. The van der Waals surface area contributed by atoms with Gasteiger partial charge in [-0.2, -0.15) is 0 Å². The normalized spacial score (nSPS) is 12.4. The fourth-order valence-electron chi connectivity index (χ4n) is 1.92. The van der Waals surface area contributed by atoms with Gasteiger partial charge in [-0.1, -0.05) is 51.5 Å². The lowest BCUT2D eigenvalue weighted by molar-refractivity contribution is 0.735. The number of halogens is 1. The summed E-state index contributed by atoms with van der Waals surface area (Å²) in [4.78, 5) is 2.51. The fraction of sp³-hybridized carbons (Fsp3) is 0.250. The summed E-state index contributed by atoms with van der Waals surface area (Å²) in [6, 6.07) is 15.2. The molecule has 2 rings (SSSR count). The maximum absolute atomic E-state index is 5.85. The molecule has 0 bridgehead atoms. The Morgan fingerprint density at radius 3 is 2.53 bits per heavy atom. The van der Waals surface area contributed by atoms with E-state index in [1.54, 1.807) is 11.8 Å². The van der Waals surface area contributed by atoms with Gasteiger partial charge >= 0.3 is 0 Å². The van der Waals surface area contributed by atoms with Gasteiger partial charge in [-0.05, 0) is 50.1 Å². The highest BCUT2D eigenvalue weighted by Gasteiger charge is 2.05. The first-order valence-corrected chi connectivity index (χ1v) is 7.94. The molecule has 1 atom stereocenters. The number of benzene rings is 2. The van der Waals surface area contributed by atoms with Crippen LogP contribution in [0.25, 0.3) is 0 Å². The predicted octanol–water partition coefficient (Wildman–Crippen LogP) is 4.80. The number of nitrogens with two attached hydrogens (primary N) is 1. The van der Waals surface area contributed by atoms with Crippen molar-refractivity contribution in [1.82, 2.24) is 0 Å². The lowest BCUT2D eigenvalue weighted by Gasteiger charge is -2.09. The van der Waals surface area contributed by atoms with Crippen molar-refractivity contribution in [3.05, 3.63) is 58.1 Å². The van der Waals surface area contributed by atoms with Crippen molar-refractivity contribution in [3.63, 3.8) is 0 Å². The Hall–Kier alpha value is -0.770. The Morgan fingerprint density at radius 2 is 1.89 bits per heavy atom. The highest BCUT2D eigenvalue weighted by Crippen LogP contribution is 2.31. The smallest absolute Gasteiger partial charge is 0.0219 e. The summed E-state index contributed by atoms with van der Waals surface area (Å²) >= 11 is 5.42. The topological polar surface area (TPSA) is 26.0 Å². The van der Waals surface area contributed by atoms with Gasteiger partial charge in [-0.3, -0.25) is 0 Å². The molecule has 0 saturated carbocycles. The second kappa shape index (κ2) is 6.60. The largest absolute Gasteiger partial charge is 0.328 e. The third kappa shape index (κ3) is 4.37. The molecule has 0 aliphatic rings. The van der Waals surface area contributed by atoms with Crippen LogP contribution in [0.5, 0.6) is 0 Å². The van der Waals surface area contributed by atoms with E-state index in [0.29, 0.717) is 0 Å². The molecule has 2 aromatic rings. The second-order valence-electron chi connectivity index (χ2n) is 4.85. The van der Waals surface area contributed by atoms with Gasteiger partial charge in [-0.25, -0.2) is 0 Å². The van der Waals surface area contributed by atoms with E-state index in [1.165, 1.54) is 20.9 Å². The van der Waals surface area contributed by atoms with Crippen LogP contribution in [0.3, 0.4) is 0 Å². The molecule has 2 N–H and O–H groups in total. The minimum atomic E-state index is 0.187. The van der Waals surface area contributed by atoms with Crippen LogP contribution >= 0.6 is 27.7 Å². The summed E-state index contributed by atoms with van der Waals surface area (Å²) in [6.45, 7) is 4.15. The molecule has 0 saturated heterocycles. The van der Waals surface area contributed by atoms with Crippen LogP contribution in [0.4, 0.5) is 0 Å². The van der Waals surface area contributed by atoms with Crippen molar-refractivity contribution >= 4 is 27.7 Å². The second-order valence-corrected chi connectivity index (χ2v) is 6.85. The molecular formula is C16H18BrNS. The molecule has 1 nitrogen and oxygen atoms in total. The Labute approximate surface area is 127 Å². The van der Waals surface area contributed by atoms with Crippen LogP contribution in [0, 0.1) is 6.92 Å². The molecule has 0 aliphatic carbocycles. The number of hydrogen-bond acceptors (Lipinski definition) is 2. The average molecular weight is 336 g/mol. The van der Waals surface area contributed by atoms with E-state index in [4.69, 9.17) is 5.73 Å². The summed E-state index contributed by atoms with van der Waals surface area (Å²) < 4.78 is 1.14. The van der Waals surface area contributed by atoms with Crippen molar-refractivity contribution in [3.8, 4) is 0 Å². The van der Waals surface area contributed by atoms with E-state index in [0.717, 1.165) is 10.9 Å². The molecule has 0 fully saturated rings. The lowest BCUT2D eigenvalue weighted by Crippen LogP contribution is -2.17. The Balaban J connectivity index is 2.16. The molecule has 0 aromatic heterocycles. The Bertz CT molecular complexity index is 566. The van der Waals surface area contributed by atoms with Crippen molar-refractivity contribution in [2.24, 2.45) is 5.73 Å². The van der Waals surface area contributed by atoms with Gasteiger partial charge in [-0.15, -0.1) is 0 Å². The zero-order valence-corrected chi connectivity index (χ0v) is 13.6. The summed E-state index contributed by atoms with van der Waals surface area (Å²) in [7, 11) is 0. The molecule has 100 valence electrons. The predicted molar refractivity (Wildman–Crippen MR) is 86.8 cm³/mol. The molecule has 1 unspecified atom stereocenters. The summed E-state index contributed by atoms with van der Waals surface area (Å²) in [5, 5.41) is 0. The van der Waals surface area contributed by atoms with Crippen molar-refractivity contribution in [2.75, 3.05) is 0 Å². The summed E-state index contributed by atoms with van der Waals surface area (Å²) in [5.41, 5.74) is 8.40. The van der Waals surface area contributed by atoms with Crippen molar-refractivity contribution in [1.29, 1.82) is 0 Å². The lowest BCUT2D eigenvalue weighted by atomic mass is 10.1. The molecule has 0 heterocycles. The van der Waals surface area contributed by atoms with E-state index >= 15 is 0 Å². The van der Waals surface area contributed by atoms with E-state index in [2.05, 4.69) is 65.3 Å². The van der Waals surface area contributed by atoms with Crippen molar-refractivity contribution in [2.45, 2.75) is 36.1 Å². The van der Waals surface area contributed by atoms with Crippen molar-refractivity contribution < 1.29 is 0 Å². The molecule has 0 radical (unpaired) electrons. The molecule has 2 aromatic carbocycles. The zero-order chi connectivity index (χ0) is 13.8. The maximum Gasteiger partial charge on any atom is 0.0219 e. The highest BCUT2D eigenvalue weighted by atomic mass is 79.9. The van der Waals surface area contributed by atoms with Crippen LogP contribution in [-0.2, 0) is 6.42 Å². The fourth-order valence-corrected chi connectivity index (χ4v) is 3.59. The molecule has 19 heavy (non-hydrogen) atoms. The number of rotatable bonds is 4. The molecule has 0 aliphatic heterocycles. The summed E-state index contributed by atoms with van der Waals surface area (Å²) in [5.74, 6) is 0. The van der Waals surface area contributed by atoms with Gasteiger partial charge in [0.15, 0.2) is 0 Å². The summed E-state index contributed by atoms with van der Waals surface area (Å²) in [6.07, 6.45) is 0.899.